The zero-order valence-electron chi connectivity index (χ0n) is 17.5. The van der Waals surface area contributed by atoms with E-state index < -0.39 is 0 Å². The second-order valence-electron chi connectivity index (χ2n) is 6.96. The third-order valence-electron chi connectivity index (χ3n) is 4.90. The van der Waals surface area contributed by atoms with Crippen LogP contribution in [0.4, 0.5) is 11.8 Å². The number of nitrogens with zero attached hydrogens (tertiary/aromatic N) is 5. The number of hydrazone groups is 1. The van der Waals surface area contributed by atoms with E-state index in [9.17, 15) is 5.26 Å². The molecule has 162 valence electrons. The maximum Gasteiger partial charge on any atom is 0.246 e. The van der Waals surface area contributed by atoms with E-state index in [4.69, 9.17) is 9.47 Å². The Morgan fingerprint density at radius 1 is 1.19 bits per heavy atom. The standard InChI is InChI=1S/C23H21BrN6O2/c1-31-19-7-5-17(6-8-19)21-20(14-25)22(30-9-11-32-12-10-30)28-23(27-21)29-26-15-16-3-2-4-18(24)13-16/h2-8,13,15H,9-12H2,1H3,(H,27,28,29)/b26-15+. The van der Waals surface area contributed by atoms with Crippen molar-refractivity contribution in [1.29, 1.82) is 5.26 Å². The van der Waals surface area contributed by atoms with E-state index in [1.54, 1.807) is 13.3 Å². The number of rotatable bonds is 6. The van der Waals surface area contributed by atoms with Crippen LogP contribution in [0.2, 0.25) is 0 Å². The minimum Gasteiger partial charge on any atom is -0.497 e. The molecular weight excluding hydrogens is 472 g/mol. The van der Waals surface area contributed by atoms with Crippen molar-refractivity contribution in [1.82, 2.24) is 9.97 Å². The van der Waals surface area contributed by atoms with Crippen molar-refractivity contribution in [2.75, 3.05) is 43.7 Å². The number of nitriles is 1. The van der Waals surface area contributed by atoms with Crippen molar-refractivity contribution >= 4 is 33.9 Å². The summed E-state index contributed by atoms with van der Waals surface area (Å²) in [5.74, 6) is 1.60. The molecule has 1 fully saturated rings. The Labute approximate surface area is 194 Å². The second-order valence-corrected chi connectivity index (χ2v) is 7.87. The zero-order chi connectivity index (χ0) is 22.3. The summed E-state index contributed by atoms with van der Waals surface area (Å²) in [5, 5.41) is 14.3. The molecule has 4 rings (SSSR count). The predicted octanol–water partition coefficient (Wildman–Crippen LogP) is 4.07. The maximum atomic E-state index is 9.97. The number of ether oxygens (including phenoxy) is 2. The summed E-state index contributed by atoms with van der Waals surface area (Å²) in [6.07, 6.45) is 1.69. The van der Waals surface area contributed by atoms with Crippen molar-refractivity contribution < 1.29 is 9.47 Å². The van der Waals surface area contributed by atoms with E-state index in [1.165, 1.54) is 0 Å². The average molecular weight is 493 g/mol. The summed E-state index contributed by atoms with van der Waals surface area (Å²) in [5.41, 5.74) is 5.58. The molecule has 9 heteroatoms. The van der Waals surface area contributed by atoms with Gasteiger partial charge >= 0.3 is 0 Å². The van der Waals surface area contributed by atoms with Gasteiger partial charge in [0.25, 0.3) is 0 Å². The van der Waals surface area contributed by atoms with Crippen LogP contribution in [0.3, 0.4) is 0 Å². The van der Waals surface area contributed by atoms with Gasteiger partial charge in [0.05, 0.1) is 32.2 Å². The van der Waals surface area contributed by atoms with Gasteiger partial charge in [0.1, 0.15) is 17.4 Å². The van der Waals surface area contributed by atoms with Crippen LogP contribution in [-0.4, -0.2) is 49.6 Å². The first-order chi connectivity index (χ1) is 15.7. The Morgan fingerprint density at radius 3 is 2.66 bits per heavy atom. The summed E-state index contributed by atoms with van der Waals surface area (Å²) >= 11 is 3.45. The SMILES string of the molecule is COc1ccc(-c2nc(N/N=C/c3cccc(Br)c3)nc(N3CCOCC3)c2C#N)cc1. The smallest absolute Gasteiger partial charge is 0.246 e. The van der Waals surface area contributed by atoms with Crippen LogP contribution < -0.4 is 15.1 Å². The Bertz CT molecular complexity index is 1150. The lowest BCUT2D eigenvalue weighted by Crippen LogP contribution is -2.37. The van der Waals surface area contributed by atoms with E-state index in [1.807, 2.05) is 53.4 Å². The van der Waals surface area contributed by atoms with Gasteiger partial charge in [-0.05, 0) is 42.0 Å². The number of nitrogens with one attached hydrogen (secondary N) is 1. The van der Waals surface area contributed by atoms with Crippen LogP contribution in [0.1, 0.15) is 11.1 Å². The first-order valence-electron chi connectivity index (χ1n) is 10.0. The summed E-state index contributed by atoms with van der Waals surface area (Å²) in [6.45, 7) is 2.45. The van der Waals surface area contributed by atoms with Gasteiger partial charge in [0.15, 0.2) is 5.82 Å². The number of aromatic nitrogens is 2. The van der Waals surface area contributed by atoms with E-state index in [2.05, 4.69) is 42.5 Å². The number of halogens is 1. The first kappa shape index (κ1) is 21.7. The molecule has 1 aliphatic rings. The van der Waals surface area contributed by atoms with Crippen LogP contribution in [-0.2, 0) is 4.74 Å². The maximum absolute atomic E-state index is 9.97. The summed E-state index contributed by atoms with van der Waals surface area (Å²) in [4.78, 5) is 11.3. The molecule has 0 bridgehead atoms. The van der Waals surface area contributed by atoms with Gasteiger partial charge in [-0.1, -0.05) is 28.1 Å². The third kappa shape index (κ3) is 5.04. The zero-order valence-corrected chi connectivity index (χ0v) is 19.0. The molecule has 8 nitrogen and oxygen atoms in total. The number of benzene rings is 2. The summed E-state index contributed by atoms with van der Waals surface area (Å²) in [7, 11) is 1.61. The molecule has 3 aromatic rings. The molecule has 0 radical (unpaired) electrons. The molecule has 1 aromatic heterocycles. The highest BCUT2D eigenvalue weighted by Gasteiger charge is 2.22. The number of anilines is 2. The number of hydrogen-bond acceptors (Lipinski definition) is 8. The van der Waals surface area contributed by atoms with Crippen LogP contribution >= 0.6 is 15.9 Å². The fraction of sp³-hybridized carbons (Fsp3) is 0.217. The monoisotopic (exact) mass is 492 g/mol. The highest BCUT2D eigenvalue weighted by atomic mass is 79.9. The van der Waals surface area contributed by atoms with E-state index in [-0.39, 0.29) is 0 Å². The Hall–Kier alpha value is -3.48. The molecule has 2 heterocycles. The van der Waals surface area contributed by atoms with Crippen molar-refractivity contribution in [2.24, 2.45) is 5.10 Å². The first-order valence-corrected chi connectivity index (χ1v) is 10.8. The Morgan fingerprint density at radius 2 is 1.97 bits per heavy atom. The molecule has 0 saturated carbocycles. The van der Waals surface area contributed by atoms with Gasteiger partial charge in [0.2, 0.25) is 5.95 Å². The Balaban J connectivity index is 1.72. The number of morpholine rings is 1. The van der Waals surface area contributed by atoms with Gasteiger partial charge in [-0.3, -0.25) is 0 Å². The van der Waals surface area contributed by atoms with Crippen LogP contribution in [0.25, 0.3) is 11.3 Å². The van der Waals surface area contributed by atoms with Crippen LogP contribution in [0.15, 0.2) is 58.1 Å². The van der Waals surface area contributed by atoms with Gasteiger partial charge in [-0.25, -0.2) is 10.4 Å². The van der Waals surface area contributed by atoms with E-state index in [0.717, 1.165) is 21.3 Å². The highest BCUT2D eigenvalue weighted by Crippen LogP contribution is 2.31. The van der Waals surface area contributed by atoms with E-state index >= 15 is 0 Å². The normalized spacial score (nSPS) is 13.7. The van der Waals surface area contributed by atoms with E-state index in [0.29, 0.717) is 49.3 Å². The van der Waals surface area contributed by atoms with Crippen molar-refractivity contribution in [3.8, 4) is 23.1 Å². The molecule has 32 heavy (non-hydrogen) atoms. The molecule has 0 spiro atoms. The largest absolute Gasteiger partial charge is 0.497 e. The minimum absolute atomic E-state index is 0.308. The van der Waals surface area contributed by atoms with Crippen molar-refractivity contribution in [2.45, 2.75) is 0 Å². The molecule has 0 aliphatic carbocycles. The molecule has 0 atom stereocenters. The molecular formula is C23H21BrN6O2. The number of hydrogen-bond donors (Lipinski definition) is 1. The topological polar surface area (TPSA) is 95.7 Å². The van der Waals surface area contributed by atoms with Crippen molar-refractivity contribution in [3.63, 3.8) is 0 Å². The molecule has 2 aromatic carbocycles. The van der Waals surface area contributed by atoms with Crippen LogP contribution in [0, 0.1) is 11.3 Å². The minimum atomic E-state index is 0.308. The van der Waals surface area contributed by atoms with Gasteiger partial charge < -0.3 is 14.4 Å². The Kier molecular flexibility index (Phi) is 6.94. The molecule has 1 N–H and O–H groups in total. The second kappa shape index (κ2) is 10.2. The highest BCUT2D eigenvalue weighted by molar-refractivity contribution is 9.10. The quantitative estimate of drug-likeness (QED) is 0.409. The summed E-state index contributed by atoms with van der Waals surface area (Å²) < 4.78 is 11.7. The van der Waals surface area contributed by atoms with Gasteiger partial charge in [0, 0.05) is 23.1 Å². The van der Waals surface area contributed by atoms with Crippen molar-refractivity contribution in [3.05, 3.63) is 64.1 Å². The summed E-state index contributed by atoms with van der Waals surface area (Å²) in [6, 6.07) is 17.5. The lowest BCUT2D eigenvalue weighted by atomic mass is 10.1. The lowest BCUT2D eigenvalue weighted by Gasteiger charge is -2.29. The molecule has 1 saturated heterocycles. The number of methoxy groups -OCH3 is 1. The van der Waals surface area contributed by atoms with Gasteiger partial charge in [-0.2, -0.15) is 15.3 Å². The van der Waals surface area contributed by atoms with Crippen LogP contribution in [0.5, 0.6) is 5.75 Å². The molecule has 0 unspecified atom stereocenters. The lowest BCUT2D eigenvalue weighted by molar-refractivity contribution is 0.122. The fourth-order valence-electron chi connectivity index (χ4n) is 3.32. The molecule has 1 aliphatic heterocycles. The average Bonchev–Trinajstić information content (AvgIpc) is 2.84. The molecule has 0 amide bonds. The fourth-order valence-corrected chi connectivity index (χ4v) is 3.73. The predicted molar refractivity (Wildman–Crippen MR) is 127 cm³/mol. The third-order valence-corrected chi connectivity index (χ3v) is 5.40. The van der Waals surface area contributed by atoms with Gasteiger partial charge in [-0.15, -0.1) is 0 Å².